The number of hydrogen-bond acceptors (Lipinski definition) is 6. The SMILES string of the molecule is CS(=O)(=O)c1ccc(C(=CC2CCCC2)C(=O)Nc2nccs2)cn1. The average Bonchev–Trinajstić information content (AvgIpc) is 3.25. The fourth-order valence-corrected chi connectivity index (χ4v) is 3.95. The van der Waals surface area contributed by atoms with Gasteiger partial charge in [0.1, 0.15) is 0 Å². The largest absolute Gasteiger partial charge is 0.298 e. The first kappa shape index (κ1) is 17.8. The van der Waals surface area contributed by atoms with E-state index in [4.69, 9.17) is 0 Å². The van der Waals surface area contributed by atoms with Gasteiger partial charge in [0.15, 0.2) is 20.0 Å². The highest BCUT2D eigenvalue weighted by atomic mass is 32.2. The molecule has 0 saturated heterocycles. The molecule has 1 amide bonds. The molecule has 0 radical (unpaired) electrons. The molecule has 0 aromatic carbocycles. The molecule has 0 spiro atoms. The molecule has 8 heteroatoms. The number of nitrogens with zero attached hydrogens (tertiary/aromatic N) is 2. The molecule has 1 aliphatic carbocycles. The number of aromatic nitrogens is 2. The Kier molecular flexibility index (Phi) is 5.29. The van der Waals surface area contributed by atoms with Crippen molar-refractivity contribution in [3.05, 3.63) is 41.5 Å². The normalized spacial score (nSPS) is 16.1. The Morgan fingerprint density at radius 1 is 1.28 bits per heavy atom. The van der Waals surface area contributed by atoms with Gasteiger partial charge in [-0.25, -0.2) is 18.4 Å². The Labute approximate surface area is 150 Å². The molecule has 0 atom stereocenters. The first-order valence-corrected chi connectivity index (χ1v) is 10.8. The summed E-state index contributed by atoms with van der Waals surface area (Å²) in [5.41, 5.74) is 1.11. The van der Waals surface area contributed by atoms with Crippen LogP contribution >= 0.6 is 11.3 Å². The Bertz CT molecular complexity index is 866. The highest BCUT2D eigenvalue weighted by Crippen LogP contribution is 2.30. The number of nitrogens with one attached hydrogen (secondary N) is 1. The first-order valence-electron chi connectivity index (χ1n) is 8.02. The number of carbonyl (C=O) groups excluding carboxylic acids is 1. The maximum absolute atomic E-state index is 12.7. The number of carbonyl (C=O) groups is 1. The van der Waals surface area contributed by atoms with Crippen LogP contribution in [0.3, 0.4) is 0 Å². The zero-order valence-corrected chi connectivity index (χ0v) is 15.4. The molecule has 0 aliphatic heterocycles. The second-order valence-corrected chi connectivity index (χ2v) is 8.93. The van der Waals surface area contributed by atoms with Crippen LogP contribution in [0.1, 0.15) is 31.2 Å². The minimum absolute atomic E-state index is 0.00296. The van der Waals surface area contributed by atoms with Gasteiger partial charge < -0.3 is 0 Å². The quantitative estimate of drug-likeness (QED) is 0.809. The summed E-state index contributed by atoms with van der Waals surface area (Å²) < 4.78 is 23.1. The minimum atomic E-state index is -3.37. The van der Waals surface area contributed by atoms with Crippen molar-refractivity contribution in [2.24, 2.45) is 5.92 Å². The summed E-state index contributed by atoms with van der Waals surface area (Å²) in [5.74, 6) is 0.0994. The van der Waals surface area contributed by atoms with E-state index in [1.165, 1.54) is 23.6 Å². The van der Waals surface area contributed by atoms with Crippen LogP contribution in [-0.2, 0) is 14.6 Å². The fourth-order valence-electron chi connectivity index (χ4n) is 2.87. The number of sulfone groups is 1. The lowest BCUT2D eigenvalue weighted by molar-refractivity contribution is -0.111. The van der Waals surface area contributed by atoms with Gasteiger partial charge in [-0.3, -0.25) is 10.1 Å². The third-order valence-corrected chi connectivity index (χ3v) is 5.82. The molecule has 6 nitrogen and oxygen atoms in total. The lowest BCUT2D eigenvalue weighted by Gasteiger charge is -2.11. The molecule has 0 bridgehead atoms. The van der Waals surface area contributed by atoms with Crippen LogP contribution in [0.2, 0.25) is 0 Å². The lowest BCUT2D eigenvalue weighted by Crippen LogP contribution is -2.15. The standard InChI is InChI=1S/C17H19N3O3S2/c1-25(22,23)15-7-6-13(11-19-15)14(10-12-4-2-3-5-12)16(21)20-17-18-8-9-24-17/h6-12H,2-5H2,1H3,(H,18,20,21). The molecule has 1 fully saturated rings. The van der Waals surface area contributed by atoms with Crippen LogP contribution in [0.4, 0.5) is 5.13 Å². The average molecular weight is 377 g/mol. The van der Waals surface area contributed by atoms with Crippen molar-refractivity contribution in [2.75, 3.05) is 11.6 Å². The Morgan fingerprint density at radius 2 is 2.04 bits per heavy atom. The van der Waals surface area contributed by atoms with Gasteiger partial charge in [0.2, 0.25) is 0 Å². The van der Waals surface area contributed by atoms with Crippen molar-refractivity contribution in [1.82, 2.24) is 9.97 Å². The van der Waals surface area contributed by atoms with Crippen LogP contribution in [-0.4, -0.2) is 30.5 Å². The van der Waals surface area contributed by atoms with Crippen LogP contribution in [0.15, 0.2) is 41.0 Å². The van der Waals surface area contributed by atoms with Gasteiger partial charge in [-0.05, 0) is 30.9 Å². The minimum Gasteiger partial charge on any atom is -0.298 e. The van der Waals surface area contributed by atoms with E-state index in [-0.39, 0.29) is 10.9 Å². The fraction of sp³-hybridized carbons (Fsp3) is 0.353. The molecule has 2 heterocycles. The van der Waals surface area contributed by atoms with Gasteiger partial charge in [0.05, 0.1) is 0 Å². The molecular weight excluding hydrogens is 358 g/mol. The van der Waals surface area contributed by atoms with E-state index in [0.29, 0.717) is 22.2 Å². The number of anilines is 1. The lowest BCUT2D eigenvalue weighted by atomic mass is 9.99. The Hall–Kier alpha value is -2.06. The maximum Gasteiger partial charge on any atom is 0.257 e. The molecular formula is C17H19N3O3S2. The van der Waals surface area contributed by atoms with Crippen LogP contribution in [0.5, 0.6) is 0 Å². The summed E-state index contributed by atoms with van der Waals surface area (Å²) in [6, 6.07) is 3.06. The second-order valence-electron chi connectivity index (χ2n) is 6.07. The summed E-state index contributed by atoms with van der Waals surface area (Å²) in [5, 5.41) is 5.11. The van der Waals surface area contributed by atoms with Crippen molar-refractivity contribution in [3.63, 3.8) is 0 Å². The smallest absolute Gasteiger partial charge is 0.257 e. The van der Waals surface area contributed by atoms with Gasteiger partial charge in [0, 0.05) is 35.2 Å². The van der Waals surface area contributed by atoms with E-state index in [9.17, 15) is 13.2 Å². The first-order chi connectivity index (χ1) is 11.9. The highest BCUT2D eigenvalue weighted by Gasteiger charge is 2.20. The molecule has 1 N–H and O–H groups in total. The van der Waals surface area contributed by atoms with E-state index in [1.807, 2.05) is 6.08 Å². The van der Waals surface area contributed by atoms with Gasteiger partial charge in [-0.1, -0.05) is 18.9 Å². The van der Waals surface area contributed by atoms with Crippen LogP contribution in [0.25, 0.3) is 5.57 Å². The molecule has 1 saturated carbocycles. The predicted molar refractivity (Wildman–Crippen MR) is 98.0 cm³/mol. The number of hydrogen-bond donors (Lipinski definition) is 1. The zero-order valence-electron chi connectivity index (χ0n) is 13.8. The number of rotatable bonds is 5. The summed E-state index contributed by atoms with van der Waals surface area (Å²) in [6.45, 7) is 0. The Morgan fingerprint density at radius 3 is 2.60 bits per heavy atom. The van der Waals surface area contributed by atoms with E-state index in [1.54, 1.807) is 17.6 Å². The van der Waals surface area contributed by atoms with Crippen molar-refractivity contribution in [2.45, 2.75) is 30.7 Å². The van der Waals surface area contributed by atoms with Crippen molar-refractivity contribution in [3.8, 4) is 0 Å². The summed E-state index contributed by atoms with van der Waals surface area (Å²) >= 11 is 1.35. The second kappa shape index (κ2) is 7.45. The summed E-state index contributed by atoms with van der Waals surface area (Å²) in [7, 11) is -3.37. The van der Waals surface area contributed by atoms with Gasteiger partial charge >= 0.3 is 0 Å². The molecule has 25 heavy (non-hydrogen) atoms. The van der Waals surface area contributed by atoms with E-state index in [0.717, 1.165) is 31.9 Å². The molecule has 2 aromatic heterocycles. The maximum atomic E-state index is 12.7. The topological polar surface area (TPSA) is 89.0 Å². The predicted octanol–water partition coefficient (Wildman–Crippen LogP) is 3.15. The monoisotopic (exact) mass is 377 g/mol. The number of allylic oxidation sites excluding steroid dienone is 1. The van der Waals surface area contributed by atoms with Crippen molar-refractivity contribution >= 4 is 37.8 Å². The summed E-state index contributed by atoms with van der Waals surface area (Å²) in [6.07, 6.45) is 10.6. The summed E-state index contributed by atoms with van der Waals surface area (Å²) in [4.78, 5) is 20.8. The molecule has 0 unspecified atom stereocenters. The molecule has 3 rings (SSSR count). The van der Waals surface area contributed by atoms with Crippen molar-refractivity contribution < 1.29 is 13.2 Å². The molecule has 132 valence electrons. The molecule has 2 aromatic rings. The number of amides is 1. The van der Waals surface area contributed by atoms with Crippen molar-refractivity contribution in [1.29, 1.82) is 0 Å². The molecule has 1 aliphatic rings. The number of thiazole rings is 1. The highest BCUT2D eigenvalue weighted by molar-refractivity contribution is 7.90. The van der Waals surface area contributed by atoms with E-state index >= 15 is 0 Å². The van der Waals surface area contributed by atoms with Gasteiger partial charge in [-0.15, -0.1) is 11.3 Å². The third-order valence-electron chi connectivity index (χ3n) is 4.13. The third kappa shape index (κ3) is 4.52. The van der Waals surface area contributed by atoms with Crippen LogP contribution in [0, 0.1) is 5.92 Å². The number of pyridine rings is 1. The van der Waals surface area contributed by atoms with E-state index in [2.05, 4.69) is 15.3 Å². The van der Waals surface area contributed by atoms with Crippen LogP contribution < -0.4 is 5.32 Å². The van der Waals surface area contributed by atoms with Gasteiger partial charge in [-0.2, -0.15) is 0 Å². The Balaban J connectivity index is 1.91. The zero-order chi connectivity index (χ0) is 17.9. The van der Waals surface area contributed by atoms with E-state index < -0.39 is 9.84 Å². The van der Waals surface area contributed by atoms with Gasteiger partial charge in [0.25, 0.3) is 5.91 Å².